The molecule has 0 saturated carbocycles. The summed E-state index contributed by atoms with van der Waals surface area (Å²) in [7, 11) is 0. The number of hydrazone groups is 1. The Kier molecular flexibility index (Phi) is 4.88. The molecule has 9 nitrogen and oxygen atoms in total. The lowest BCUT2D eigenvalue weighted by Gasteiger charge is -2.22. The molecule has 0 aromatic carbocycles. The predicted molar refractivity (Wildman–Crippen MR) is 115 cm³/mol. The van der Waals surface area contributed by atoms with E-state index in [9.17, 15) is 4.79 Å². The third kappa shape index (κ3) is 3.52. The number of carbonyl (C=O) groups excluding carboxylic acids is 1. The minimum atomic E-state index is -0.465. The first-order chi connectivity index (χ1) is 14.7. The topological polar surface area (TPSA) is 99.8 Å². The SMILES string of the molecule is Cc1ccc(-n2nc(C3CCNCC3)cc2NC(=O)C2C=NN3C=CC=NC23)cn1. The lowest BCUT2D eigenvalue weighted by molar-refractivity contribution is -0.118. The van der Waals surface area contributed by atoms with Crippen molar-refractivity contribution in [2.75, 3.05) is 18.4 Å². The highest BCUT2D eigenvalue weighted by molar-refractivity contribution is 6.03. The minimum absolute atomic E-state index is 0.156. The summed E-state index contributed by atoms with van der Waals surface area (Å²) in [5, 5.41) is 17.3. The normalized spacial score (nSPS) is 23.0. The maximum absolute atomic E-state index is 13.1. The van der Waals surface area contributed by atoms with Gasteiger partial charge in [0.05, 0.1) is 17.6 Å². The van der Waals surface area contributed by atoms with E-state index >= 15 is 0 Å². The van der Waals surface area contributed by atoms with Gasteiger partial charge in [-0.25, -0.2) is 9.69 Å². The van der Waals surface area contributed by atoms with E-state index in [2.05, 4.69) is 25.7 Å². The van der Waals surface area contributed by atoms with Crippen molar-refractivity contribution >= 4 is 24.2 Å². The molecule has 0 spiro atoms. The molecule has 0 aliphatic carbocycles. The zero-order chi connectivity index (χ0) is 20.5. The van der Waals surface area contributed by atoms with Crippen LogP contribution in [-0.4, -0.2) is 57.4 Å². The van der Waals surface area contributed by atoms with E-state index in [1.54, 1.807) is 34.4 Å². The zero-order valence-electron chi connectivity index (χ0n) is 16.8. The van der Waals surface area contributed by atoms with E-state index in [1.807, 2.05) is 31.3 Å². The third-order valence-electron chi connectivity index (χ3n) is 5.70. The second-order valence-electron chi connectivity index (χ2n) is 7.76. The maximum atomic E-state index is 13.1. The van der Waals surface area contributed by atoms with Gasteiger partial charge in [0.1, 0.15) is 11.7 Å². The molecule has 0 bridgehead atoms. The number of hydrogen-bond acceptors (Lipinski definition) is 7. The van der Waals surface area contributed by atoms with Crippen LogP contribution in [0.3, 0.4) is 0 Å². The molecule has 1 saturated heterocycles. The first kappa shape index (κ1) is 18.7. The Hall–Kier alpha value is -3.33. The van der Waals surface area contributed by atoms with E-state index in [0.717, 1.165) is 43.0 Å². The number of aryl methyl sites for hydroxylation is 1. The third-order valence-corrected chi connectivity index (χ3v) is 5.70. The van der Waals surface area contributed by atoms with Crippen molar-refractivity contribution in [3.05, 3.63) is 48.1 Å². The van der Waals surface area contributed by atoms with Crippen LogP contribution in [0.1, 0.15) is 30.1 Å². The quantitative estimate of drug-likeness (QED) is 0.810. The molecule has 5 heterocycles. The Bertz CT molecular complexity index is 1020. The van der Waals surface area contributed by atoms with Crippen molar-refractivity contribution in [3.63, 3.8) is 0 Å². The van der Waals surface area contributed by atoms with Crippen LogP contribution in [0.25, 0.3) is 5.69 Å². The van der Waals surface area contributed by atoms with Gasteiger partial charge < -0.3 is 10.6 Å². The van der Waals surface area contributed by atoms with Crippen LogP contribution in [0.15, 0.2) is 46.8 Å². The van der Waals surface area contributed by atoms with E-state index in [1.165, 1.54) is 0 Å². The molecule has 2 N–H and O–H groups in total. The lowest BCUT2D eigenvalue weighted by Crippen LogP contribution is -2.36. The van der Waals surface area contributed by atoms with Crippen molar-refractivity contribution in [2.24, 2.45) is 16.0 Å². The molecule has 3 aliphatic rings. The summed E-state index contributed by atoms with van der Waals surface area (Å²) in [5.74, 6) is 0.393. The average molecular weight is 404 g/mol. The highest BCUT2D eigenvalue weighted by Crippen LogP contribution is 2.29. The van der Waals surface area contributed by atoms with E-state index < -0.39 is 5.92 Å². The Morgan fingerprint density at radius 3 is 2.93 bits per heavy atom. The summed E-state index contributed by atoms with van der Waals surface area (Å²) in [6.07, 6.45) is 10.5. The van der Waals surface area contributed by atoms with Gasteiger partial charge in [-0.2, -0.15) is 10.2 Å². The van der Waals surface area contributed by atoms with Crippen LogP contribution < -0.4 is 10.6 Å². The molecule has 2 unspecified atom stereocenters. The molecule has 1 amide bonds. The predicted octanol–water partition coefficient (Wildman–Crippen LogP) is 1.82. The van der Waals surface area contributed by atoms with Gasteiger partial charge in [-0.15, -0.1) is 0 Å². The van der Waals surface area contributed by atoms with Crippen molar-refractivity contribution in [1.82, 2.24) is 25.1 Å². The molecule has 3 aliphatic heterocycles. The van der Waals surface area contributed by atoms with E-state index in [0.29, 0.717) is 11.7 Å². The molecule has 30 heavy (non-hydrogen) atoms. The number of aliphatic imine (C=N–C) groups is 1. The zero-order valence-corrected chi connectivity index (χ0v) is 16.8. The van der Waals surface area contributed by atoms with Gasteiger partial charge in [-0.1, -0.05) is 0 Å². The van der Waals surface area contributed by atoms with Gasteiger partial charge in [0.25, 0.3) is 0 Å². The number of nitrogens with zero attached hydrogens (tertiary/aromatic N) is 6. The molecular formula is C21H24N8O. The summed E-state index contributed by atoms with van der Waals surface area (Å²) in [5.41, 5.74) is 2.74. The first-order valence-electron chi connectivity index (χ1n) is 10.3. The Morgan fingerprint density at radius 1 is 1.27 bits per heavy atom. The van der Waals surface area contributed by atoms with Crippen LogP contribution in [0, 0.1) is 12.8 Å². The number of anilines is 1. The molecule has 0 radical (unpaired) electrons. The number of amides is 1. The number of piperidine rings is 1. The monoisotopic (exact) mass is 404 g/mol. The van der Waals surface area contributed by atoms with Crippen LogP contribution in [0.4, 0.5) is 5.82 Å². The maximum Gasteiger partial charge on any atom is 0.238 e. The number of fused-ring (bicyclic) bond motifs is 1. The van der Waals surface area contributed by atoms with Crippen molar-refractivity contribution in [1.29, 1.82) is 0 Å². The van der Waals surface area contributed by atoms with Gasteiger partial charge in [-0.3, -0.25) is 14.8 Å². The Morgan fingerprint density at radius 2 is 2.13 bits per heavy atom. The van der Waals surface area contributed by atoms with Crippen molar-refractivity contribution < 1.29 is 4.79 Å². The summed E-state index contributed by atoms with van der Waals surface area (Å²) in [6.45, 7) is 3.90. The molecular weight excluding hydrogens is 380 g/mol. The minimum Gasteiger partial charge on any atom is -0.317 e. The smallest absolute Gasteiger partial charge is 0.238 e. The van der Waals surface area contributed by atoms with Crippen LogP contribution in [-0.2, 0) is 4.79 Å². The van der Waals surface area contributed by atoms with Crippen LogP contribution in [0.2, 0.25) is 0 Å². The Balaban J connectivity index is 1.44. The first-order valence-corrected chi connectivity index (χ1v) is 10.3. The molecule has 2 atom stereocenters. The lowest BCUT2D eigenvalue weighted by atomic mass is 9.95. The average Bonchev–Trinajstić information content (AvgIpc) is 3.39. The van der Waals surface area contributed by atoms with E-state index in [4.69, 9.17) is 5.10 Å². The molecule has 154 valence electrons. The van der Waals surface area contributed by atoms with Gasteiger partial charge in [0.15, 0.2) is 6.17 Å². The number of carbonyl (C=O) groups is 1. The highest BCUT2D eigenvalue weighted by Gasteiger charge is 2.36. The summed E-state index contributed by atoms with van der Waals surface area (Å²) in [4.78, 5) is 21.9. The fourth-order valence-electron chi connectivity index (χ4n) is 4.01. The number of aromatic nitrogens is 3. The van der Waals surface area contributed by atoms with E-state index in [-0.39, 0.29) is 12.1 Å². The fraction of sp³-hybridized carbons (Fsp3) is 0.381. The van der Waals surface area contributed by atoms with Crippen LogP contribution >= 0.6 is 0 Å². The number of nitrogens with one attached hydrogen (secondary N) is 2. The van der Waals surface area contributed by atoms with Gasteiger partial charge in [0.2, 0.25) is 5.91 Å². The van der Waals surface area contributed by atoms with Crippen LogP contribution in [0.5, 0.6) is 0 Å². The molecule has 5 rings (SSSR count). The number of allylic oxidation sites excluding steroid dienone is 1. The highest BCUT2D eigenvalue weighted by atomic mass is 16.2. The van der Waals surface area contributed by atoms with Gasteiger partial charge >= 0.3 is 0 Å². The molecule has 1 fully saturated rings. The van der Waals surface area contributed by atoms with Gasteiger partial charge in [0, 0.05) is 36.3 Å². The second kappa shape index (κ2) is 7.83. The summed E-state index contributed by atoms with van der Waals surface area (Å²) < 4.78 is 1.77. The van der Waals surface area contributed by atoms with Crippen molar-refractivity contribution in [2.45, 2.75) is 31.8 Å². The molecule has 2 aromatic heterocycles. The fourth-order valence-corrected chi connectivity index (χ4v) is 4.01. The van der Waals surface area contributed by atoms with Crippen molar-refractivity contribution in [3.8, 4) is 5.69 Å². The largest absolute Gasteiger partial charge is 0.317 e. The summed E-state index contributed by atoms with van der Waals surface area (Å²) in [6, 6.07) is 5.89. The standard InChI is InChI=1S/C21H24N8O/c1-14-3-4-16(12-24-14)29-19(11-18(27-29)15-5-8-22-9-6-15)26-21(30)17-13-25-28-10-2-7-23-20(17)28/h2-4,7,10-13,15,17,20,22H,5-6,8-9H2,1H3,(H,26,30). The number of hydrogen-bond donors (Lipinski definition) is 2. The molecule has 2 aromatic rings. The Labute approximate surface area is 174 Å². The molecule has 9 heteroatoms. The second-order valence-corrected chi connectivity index (χ2v) is 7.76. The van der Waals surface area contributed by atoms with Gasteiger partial charge in [-0.05, 0) is 51.1 Å². The summed E-state index contributed by atoms with van der Waals surface area (Å²) >= 11 is 0. The number of rotatable bonds is 4. The number of pyridine rings is 1.